The van der Waals surface area contributed by atoms with E-state index < -0.39 is 11.2 Å². The van der Waals surface area contributed by atoms with Gasteiger partial charge in [0.2, 0.25) is 0 Å². The summed E-state index contributed by atoms with van der Waals surface area (Å²) in [6.45, 7) is 3.59. The molecule has 0 aromatic carbocycles. The molecule has 140 valence electrons. The Hall–Kier alpha value is -1.90. The number of rotatable bonds is 6. The quantitative estimate of drug-likeness (QED) is 0.751. The topological polar surface area (TPSA) is 100 Å². The number of hydrogen-bond acceptors (Lipinski definition) is 5. The van der Waals surface area contributed by atoms with Crippen molar-refractivity contribution in [2.45, 2.75) is 19.9 Å². The van der Waals surface area contributed by atoms with Crippen molar-refractivity contribution >= 4 is 41.8 Å². The van der Waals surface area contributed by atoms with Crippen molar-refractivity contribution in [1.29, 1.82) is 0 Å². The SMILES string of the molecule is CCCn1c(=O)[nH]c(=O)c2cc(C(=O)N(C)CCNC)cnc21.Cl.Cl. The summed E-state index contributed by atoms with van der Waals surface area (Å²) in [5.74, 6) is -0.220. The zero-order valence-corrected chi connectivity index (χ0v) is 16.0. The van der Waals surface area contributed by atoms with Crippen molar-refractivity contribution in [2.24, 2.45) is 0 Å². The third-order valence-electron chi connectivity index (χ3n) is 3.57. The number of carbonyl (C=O) groups excluding carboxylic acids is 1. The molecule has 2 heterocycles. The minimum absolute atomic E-state index is 0. The van der Waals surface area contributed by atoms with Gasteiger partial charge >= 0.3 is 5.69 Å². The summed E-state index contributed by atoms with van der Waals surface area (Å²) >= 11 is 0. The Morgan fingerprint density at radius 3 is 2.64 bits per heavy atom. The molecule has 0 aliphatic carbocycles. The Kier molecular flexibility index (Phi) is 9.40. The molecule has 10 heteroatoms. The second-order valence-corrected chi connectivity index (χ2v) is 5.34. The molecule has 0 fully saturated rings. The Balaban J connectivity index is 0.00000288. The van der Waals surface area contributed by atoms with E-state index in [1.165, 1.54) is 16.8 Å². The molecule has 2 aromatic rings. The van der Waals surface area contributed by atoms with Gasteiger partial charge in [-0.05, 0) is 19.5 Å². The van der Waals surface area contributed by atoms with Crippen LogP contribution >= 0.6 is 24.8 Å². The summed E-state index contributed by atoms with van der Waals surface area (Å²) in [4.78, 5) is 44.3. The van der Waals surface area contributed by atoms with E-state index in [1.54, 1.807) is 11.9 Å². The van der Waals surface area contributed by atoms with Crippen LogP contribution in [0.15, 0.2) is 21.9 Å². The molecule has 0 saturated heterocycles. The van der Waals surface area contributed by atoms with Crippen molar-refractivity contribution < 1.29 is 4.79 Å². The van der Waals surface area contributed by atoms with Crippen molar-refractivity contribution in [2.75, 3.05) is 27.2 Å². The van der Waals surface area contributed by atoms with Crippen LogP contribution in [0.25, 0.3) is 11.0 Å². The summed E-state index contributed by atoms with van der Waals surface area (Å²) in [5, 5.41) is 3.21. The lowest BCUT2D eigenvalue weighted by molar-refractivity contribution is 0.0796. The molecule has 0 atom stereocenters. The number of hydrogen-bond donors (Lipinski definition) is 2. The van der Waals surface area contributed by atoms with Crippen molar-refractivity contribution in [1.82, 2.24) is 24.8 Å². The molecular weight excluding hydrogens is 369 g/mol. The molecule has 0 aliphatic heterocycles. The van der Waals surface area contributed by atoms with Gasteiger partial charge in [-0.2, -0.15) is 0 Å². The fourth-order valence-corrected chi connectivity index (χ4v) is 2.32. The van der Waals surface area contributed by atoms with Crippen LogP contribution < -0.4 is 16.6 Å². The van der Waals surface area contributed by atoms with E-state index in [-0.39, 0.29) is 36.1 Å². The molecule has 0 radical (unpaired) electrons. The first-order valence-corrected chi connectivity index (χ1v) is 7.52. The number of aryl methyl sites for hydroxylation is 1. The highest BCUT2D eigenvalue weighted by Gasteiger charge is 2.15. The molecule has 2 N–H and O–H groups in total. The molecule has 0 bridgehead atoms. The molecule has 2 rings (SSSR count). The lowest BCUT2D eigenvalue weighted by Crippen LogP contribution is -2.34. The van der Waals surface area contributed by atoms with Gasteiger partial charge in [-0.1, -0.05) is 6.92 Å². The van der Waals surface area contributed by atoms with Gasteiger partial charge in [0.25, 0.3) is 11.5 Å². The molecule has 1 amide bonds. The Morgan fingerprint density at radius 2 is 2.04 bits per heavy atom. The van der Waals surface area contributed by atoms with Crippen molar-refractivity contribution in [3.05, 3.63) is 38.7 Å². The molecule has 2 aromatic heterocycles. The van der Waals surface area contributed by atoms with Gasteiger partial charge in [0.15, 0.2) is 0 Å². The van der Waals surface area contributed by atoms with E-state index >= 15 is 0 Å². The van der Waals surface area contributed by atoms with Gasteiger partial charge in [0.1, 0.15) is 5.65 Å². The van der Waals surface area contributed by atoms with Gasteiger partial charge in [0, 0.05) is 32.9 Å². The van der Waals surface area contributed by atoms with Crippen LogP contribution in [0.5, 0.6) is 0 Å². The second-order valence-electron chi connectivity index (χ2n) is 5.34. The fraction of sp³-hybridized carbons (Fsp3) is 0.467. The van der Waals surface area contributed by atoms with E-state index in [2.05, 4.69) is 15.3 Å². The number of halogens is 2. The number of H-pyrrole nitrogens is 1. The van der Waals surface area contributed by atoms with E-state index in [4.69, 9.17) is 0 Å². The molecule has 0 aliphatic rings. The van der Waals surface area contributed by atoms with Crippen LogP contribution in [0.1, 0.15) is 23.7 Å². The van der Waals surface area contributed by atoms with E-state index in [0.29, 0.717) is 30.8 Å². The number of likely N-dealkylation sites (N-methyl/N-ethyl adjacent to an activating group) is 2. The maximum atomic E-state index is 12.4. The molecular formula is C15H23Cl2N5O3. The first-order valence-electron chi connectivity index (χ1n) is 7.52. The van der Waals surface area contributed by atoms with Crippen molar-refractivity contribution in [3.8, 4) is 0 Å². The van der Waals surface area contributed by atoms with Gasteiger partial charge in [0.05, 0.1) is 10.9 Å². The number of amides is 1. The molecule has 0 saturated carbocycles. The molecule has 8 nitrogen and oxygen atoms in total. The van der Waals surface area contributed by atoms with Crippen LogP contribution in [0.2, 0.25) is 0 Å². The Bertz CT molecular complexity index is 834. The minimum atomic E-state index is -0.530. The lowest BCUT2D eigenvalue weighted by Gasteiger charge is -2.17. The zero-order chi connectivity index (χ0) is 17.0. The molecule has 0 spiro atoms. The monoisotopic (exact) mass is 391 g/mol. The average molecular weight is 392 g/mol. The number of nitrogens with zero attached hydrogens (tertiary/aromatic N) is 3. The zero-order valence-electron chi connectivity index (χ0n) is 14.4. The minimum Gasteiger partial charge on any atom is -0.340 e. The highest BCUT2D eigenvalue weighted by atomic mass is 35.5. The third kappa shape index (κ3) is 5.04. The van der Waals surface area contributed by atoms with Gasteiger partial charge in [-0.15, -0.1) is 24.8 Å². The van der Waals surface area contributed by atoms with Crippen LogP contribution in [0.3, 0.4) is 0 Å². The van der Waals surface area contributed by atoms with Gasteiger partial charge < -0.3 is 10.2 Å². The Labute approximate surface area is 157 Å². The summed E-state index contributed by atoms with van der Waals surface area (Å²) in [6, 6.07) is 1.49. The molecule has 25 heavy (non-hydrogen) atoms. The molecule has 0 unspecified atom stereocenters. The van der Waals surface area contributed by atoms with Crippen LogP contribution in [-0.4, -0.2) is 52.5 Å². The second kappa shape index (κ2) is 10.2. The lowest BCUT2D eigenvalue weighted by atomic mass is 10.2. The third-order valence-corrected chi connectivity index (χ3v) is 3.57. The first-order chi connectivity index (χ1) is 11.0. The number of aromatic nitrogens is 3. The summed E-state index contributed by atoms with van der Waals surface area (Å²) in [7, 11) is 3.49. The predicted octanol–water partition coefficient (Wildman–Crippen LogP) is 0.630. The highest BCUT2D eigenvalue weighted by molar-refractivity contribution is 5.96. The number of aromatic amines is 1. The smallest absolute Gasteiger partial charge is 0.329 e. The van der Waals surface area contributed by atoms with Gasteiger partial charge in [-0.3, -0.25) is 19.1 Å². The predicted molar refractivity (Wildman–Crippen MR) is 102 cm³/mol. The summed E-state index contributed by atoms with van der Waals surface area (Å²) < 4.78 is 1.41. The number of carbonyl (C=O) groups is 1. The van der Waals surface area contributed by atoms with Crippen LogP contribution in [-0.2, 0) is 6.54 Å². The number of nitrogens with one attached hydrogen (secondary N) is 2. The fourth-order valence-electron chi connectivity index (χ4n) is 2.32. The largest absolute Gasteiger partial charge is 0.340 e. The summed E-state index contributed by atoms with van der Waals surface area (Å²) in [6.07, 6.45) is 2.14. The Morgan fingerprint density at radius 1 is 1.36 bits per heavy atom. The van der Waals surface area contributed by atoms with E-state index in [0.717, 1.165) is 6.42 Å². The van der Waals surface area contributed by atoms with Crippen LogP contribution in [0, 0.1) is 0 Å². The van der Waals surface area contributed by atoms with Crippen LogP contribution in [0.4, 0.5) is 0 Å². The number of fused-ring (bicyclic) bond motifs is 1. The van der Waals surface area contributed by atoms with Crippen molar-refractivity contribution in [3.63, 3.8) is 0 Å². The van der Waals surface area contributed by atoms with Gasteiger partial charge in [-0.25, -0.2) is 9.78 Å². The highest BCUT2D eigenvalue weighted by Crippen LogP contribution is 2.10. The average Bonchev–Trinajstić information content (AvgIpc) is 2.55. The standard InChI is InChI=1S/C15H21N5O3.2ClH/c1-4-6-20-12-11(13(21)18-15(20)23)8-10(9-17-12)14(22)19(3)7-5-16-2;;/h8-9,16H,4-7H2,1-3H3,(H,18,21,23);2*1H. The number of pyridine rings is 1. The maximum Gasteiger partial charge on any atom is 0.329 e. The van der Waals surface area contributed by atoms with E-state index in [1.807, 2.05) is 14.0 Å². The van der Waals surface area contributed by atoms with E-state index in [9.17, 15) is 14.4 Å². The first kappa shape index (κ1) is 23.1. The summed E-state index contributed by atoms with van der Waals surface area (Å²) in [5.41, 5.74) is -0.391. The normalized spacial score (nSPS) is 10.0. The maximum absolute atomic E-state index is 12.4.